The molecular weight excluding hydrogens is 426 g/mol. The Morgan fingerprint density at radius 2 is 2.03 bits per heavy atom. The summed E-state index contributed by atoms with van der Waals surface area (Å²) in [5, 5.41) is 9.56. The van der Waals surface area contributed by atoms with Gasteiger partial charge in [-0.2, -0.15) is 0 Å². The van der Waals surface area contributed by atoms with Crippen LogP contribution >= 0.6 is 23.4 Å². The van der Waals surface area contributed by atoms with E-state index in [1.165, 1.54) is 11.8 Å². The van der Waals surface area contributed by atoms with Crippen LogP contribution in [0.4, 0.5) is 5.82 Å². The largest absolute Gasteiger partial charge is 0.360 e. The van der Waals surface area contributed by atoms with Crippen LogP contribution in [-0.4, -0.2) is 37.5 Å². The number of aromatic nitrogens is 3. The van der Waals surface area contributed by atoms with Crippen LogP contribution in [0.25, 0.3) is 0 Å². The molecule has 0 saturated heterocycles. The highest BCUT2D eigenvalue weighted by Crippen LogP contribution is 2.23. The number of carbonyl (C=O) groups is 2. The zero-order valence-electron chi connectivity index (χ0n) is 16.8. The number of nitrogens with one attached hydrogen (secondary N) is 2. The summed E-state index contributed by atoms with van der Waals surface area (Å²) in [6.45, 7) is 3.47. The van der Waals surface area contributed by atoms with Gasteiger partial charge >= 0.3 is 0 Å². The van der Waals surface area contributed by atoms with E-state index in [2.05, 4.69) is 20.8 Å². The second-order valence-electron chi connectivity index (χ2n) is 6.71. The van der Waals surface area contributed by atoms with Crippen molar-refractivity contribution in [2.24, 2.45) is 7.05 Å². The first-order valence-corrected chi connectivity index (χ1v) is 10.6. The van der Waals surface area contributed by atoms with Gasteiger partial charge < -0.3 is 19.7 Å². The molecule has 0 aliphatic carbocycles. The van der Waals surface area contributed by atoms with Gasteiger partial charge in [0.25, 0.3) is 0 Å². The maximum absolute atomic E-state index is 12.6. The number of anilines is 1. The number of hydrogen-bond acceptors (Lipinski definition) is 6. The Hall–Kier alpha value is -2.78. The Bertz CT molecular complexity index is 1020. The maximum Gasteiger partial charge on any atom is 0.238 e. The van der Waals surface area contributed by atoms with Crippen LogP contribution in [0.15, 0.2) is 47.2 Å². The second-order valence-corrected chi connectivity index (χ2v) is 8.48. The van der Waals surface area contributed by atoms with Crippen molar-refractivity contribution in [3.63, 3.8) is 0 Å². The Morgan fingerprint density at radius 3 is 2.63 bits per heavy atom. The van der Waals surface area contributed by atoms with Crippen molar-refractivity contribution in [3.05, 3.63) is 64.9 Å². The van der Waals surface area contributed by atoms with Gasteiger partial charge in [-0.15, -0.1) is 11.8 Å². The molecule has 3 rings (SSSR count). The van der Waals surface area contributed by atoms with E-state index in [0.717, 1.165) is 5.56 Å². The molecule has 0 aliphatic heterocycles. The fraction of sp³-hybridized carbons (Fsp3) is 0.300. The smallest absolute Gasteiger partial charge is 0.238 e. The SMILES string of the molecule is Cc1cc(NC(=O)[C@H](C)SCC(=O)N[C@@H](c2ccc(Cl)cc2)c2nccn2C)no1. The molecule has 2 amide bonds. The molecule has 0 saturated carbocycles. The Kier molecular flexibility index (Phi) is 7.17. The van der Waals surface area contributed by atoms with Crippen LogP contribution in [0.5, 0.6) is 0 Å². The van der Waals surface area contributed by atoms with Crippen molar-refractivity contribution in [1.29, 1.82) is 0 Å². The maximum atomic E-state index is 12.6. The van der Waals surface area contributed by atoms with E-state index in [1.54, 1.807) is 38.2 Å². The standard InChI is InChI=1S/C20H22ClN5O3S/c1-12-10-16(25-29-12)23-20(28)13(2)30-11-17(27)24-18(19-22-8-9-26(19)3)14-4-6-15(21)7-5-14/h4-10,13,18H,11H2,1-3H3,(H,24,27)(H,23,25,28)/t13-,18-/m0/s1. The van der Waals surface area contributed by atoms with E-state index in [9.17, 15) is 9.59 Å². The number of nitrogens with zero attached hydrogens (tertiary/aromatic N) is 3. The summed E-state index contributed by atoms with van der Waals surface area (Å²) in [6, 6.07) is 8.44. The zero-order chi connectivity index (χ0) is 21.7. The van der Waals surface area contributed by atoms with Gasteiger partial charge in [0.2, 0.25) is 11.8 Å². The first kappa shape index (κ1) is 21.9. The lowest BCUT2D eigenvalue weighted by atomic mass is 10.1. The number of carbonyl (C=O) groups excluding carboxylic acids is 2. The van der Waals surface area contributed by atoms with Gasteiger partial charge in [0, 0.05) is 30.5 Å². The lowest BCUT2D eigenvalue weighted by molar-refractivity contribution is -0.119. The number of aryl methyl sites for hydroxylation is 2. The molecule has 10 heteroatoms. The van der Waals surface area contributed by atoms with E-state index >= 15 is 0 Å². The number of imidazole rings is 1. The van der Waals surface area contributed by atoms with Gasteiger partial charge in [0.05, 0.1) is 11.0 Å². The van der Waals surface area contributed by atoms with Gasteiger partial charge in [-0.05, 0) is 31.5 Å². The van der Waals surface area contributed by atoms with E-state index in [-0.39, 0.29) is 17.6 Å². The molecule has 0 fully saturated rings. The van der Waals surface area contributed by atoms with Gasteiger partial charge in [-0.1, -0.05) is 28.9 Å². The first-order chi connectivity index (χ1) is 14.3. The van der Waals surface area contributed by atoms with Gasteiger partial charge in [0.15, 0.2) is 5.82 Å². The molecule has 2 atom stereocenters. The number of amides is 2. The van der Waals surface area contributed by atoms with Crippen molar-refractivity contribution in [3.8, 4) is 0 Å². The minimum atomic E-state index is -0.449. The van der Waals surface area contributed by atoms with Crippen LogP contribution in [0.2, 0.25) is 5.02 Å². The third kappa shape index (κ3) is 5.64. The molecule has 30 heavy (non-hydrogen) atoms. The van der Waals surface area contributed by atoms with E-state index < -0.39 is 11.3 Å². The summed E-state index contributed by atoms with van der Waals surface area (Å²) in [7, 11) is 1.87. The van der Waals surface area contributed by atoms with Crippen molar-refractivity contribution in [2.75, 3.05) is 11.1 Å². The van der Waals surface area contributed by atoms with Crippen LogP contribution < -0.4 is 10.6 Å². The molecule has 158 valence electrons. The lowest BCUT2D eigenvalue weighted by Crippen LogP contribution is -2.33. The summed E-state index contributed by atoms with van der Waals surface area (Å²) in [5.74, 6) is 1.31. The fourth-order valence-corrected chi connectivity index (χ4v) is 3.56. The predicted molar refractivity (Wildman–Crippen MR) is 116 cm³/mol. The van der Waals surface area contributed by atoms with Crippen molar-refractivity contribution < 1.29 is 14.1 Å². The summed E-state index contributed by atoms with van der Waals surface area (Å²) < 4.78 is 6.78. The normalized spacial score (nSPS) is 12.9. The average Bonchev–Trinajstić information content (AvgIpc) is 3.32. The van der Waals surface area contributed by atoms with E-state index in [4.69, 9.17) is 16.1 Å². The van der Waals surface area contributed by atoms with Gasteiger partial charge in [0.1, 0.15) is 17.6 Å². The highest BCUT2D eigenvalue weighted by molar-refractivity contribution is 8.01. The molecule has 2 N–H and O–H groups in total. The molecule has 0 unspecified atom stereocenters. The van der Waals surface area contributed by atoms with Crippen LogP contribution in [0, 0.1) is 6.92 Å². The van der Waals surface area contributed by atoms with E-state index in [1.807, 2.05) is 29.9 Å². The van der Waals surface area contributed by atoms with Crippen molar-refractivity contribution >= 4 is 41.0 Å². The molecule has 0 spiro atoms. The third-order valence-corrected chi connectivity index (χ3v) is 5.73. The monoisotopic (exact) mass is 447 g/mol. The molecular formula is C20H22ClN5O3S. The number of rotatable bonds is 8. The lowest BCUT2D eigenvalue weighted by Gasteiger charge is -2.19. The molecule has 2 aromatic heterocycles. The summed E-state index contributed by atoms with van der Waals surface area (Å²) in [4.78, 5) is 29.3. The number of benzene rings is 1. The number of thioether (sulfide) groups is 1. The average molecular weight is 448 g/mol. The van der Waals surface area contributed by atoms with Crippen LogP contribution in [-0.2, 0) is 16.6 Å². The Labute approximate surface area is 183 Å². The van der Waals surface area contributed by atoms with Crippen molar-refractivity contribution in [1.82, 2.24) is 20.0 Å². The number of halogens is 1. The summed E-state index contributed by atoms with van der Waals surface area (Å²) >= 11 is 7.22. The Morgan fingerprint density at radius 1 is 1.30 bits per heavy atom. The predicted octanol–water partition coefficient (Wildman–Crippen LogP) is 3.34. The molecule has 0 aliphatic rings. The summed E-state index contributed by atoms with van der Waals surface area (Å²) in [6.07, 6.45) is 3.49. The third-order valence-electron chi connectivity index (χ3n) is 4.34. The molecule has 3 aromatic rings. The van der Waals surface area contributed by atoms with Crippen LogP contribution in [0.1, 0.15) is 30.1 Å². The second kappa shape index (κ2) is 9.82. The highest BCUT2D eigenvalue weighted by atomic mass is 35.5. The molecule has 8 nitrogen and oxygen atoms in total. The van der Waals surface area contributed by atoms with Crippen LogP contribution in [0.3, 0.4) is 0 Å². The minimum absolute atomic E-state index is 0.112. The Balaban J connectivity index is 1.61. The molecule has 0 bridgehead atoms. The molecule has 0 radical (unpaired) electrons. The highest BCUT2D eigenvalue weighted by Gasteiger charge is 2.22. The van der Waals surface area contributed by atoms with Gasteiger partial charge in [-0.25, -0.2) is 4.98 Å². The minimum Gasteiger partial charge on any atom is -0.360 e. The zero-order valence-corrected chi connectivity index (χ0v) is 18.3. The molecule has 1 aromatic carbocycles. The summed E-state index contributed by atoms with van der Waals surface area (Å²) in [5.41, 5.74) is 0.860. The van der Waals surface area contributed by atoms with E-state index in [0.29, 0.717) is 22.4 Å². The fourth-order valence-electron chi connectivity index (χ4n) is 2.74. The molecule has 2 heterocycles. The first-order valence-electron chi connectivity index (χ1n) is 9.21. The number of hydrogen-bond donors (Lipinski definition) is 2. The van der Waals surface area contributed by atoms with Gasteiger partial charge in [-0.3, -0.25) is 9.59 Å². The topological polar surface area (TPSA) is 102 Å². The quantitative estimate of drug-likeness (QED) is 0.549. The van der Waals surface area contributed by atoms with Crippen molar-refractivity contribution in [2.45, 2.75) is 25.1 Å².